The standard InChI is InChI=1S/C30H37ClN4O6/c1-4-5-6-18-14-34(16-22-25(18)32-26(33-27(22)38)17-7-9-20(31)10-8-17)28(39)23-12-21(36)15-35(23)24(37)11-19-13-30(2,3)41-29(19)40/h7-10,18-19,21,23,36H,4-6,11-16H2,1-3H3,(H,32,33,38)/t18?,19?,21-,23+/m1/s1. The number of unbranched alkanes of at least 4 members (excludes halogenated alkanes) is 1. The van der Waals surface area contributed by atoms with Crippen LogP contribution in [0.4, 0.5) is 0 Å². The second-order valence-electron chi connectivity index (χ2n) is 12.1. The van der Waals surface area contributed by atoms with Crippen molar-refractivity contribution in [2.24, 2.45) is 5.92 Å². The Hall–Kier alpha value is -3.24. The van der Waals surface area contributed by atoms with E-state index in [-0.39, 0.29) is 49.2 Å². The number of carbonyl (C=O) groups excluding carboxylic acids is 3. The molecule has 11 heteroatoms. The number of fused-ring (bicyclic) bond motifs is 1. The molecule has 41 heavy (non-hydrogen) atoms. The average Bonchev–Trinajstić information content (AvgIpc) is 3.44. The number of carbonyl (C=O) groups is 3. The third kappa shape index (κ3) is 6.18. The van der Waals surface area contributed by atoms with Gasteiger partial charge in [0.15, 0.2) is 0 Å². The monoisotopic (exact) mass is 584 g/mol. The molecule has 3 aliphatic heterocycles. The third-order valence-corrected chi connectivity index (χ3v) is 8.56. The summed E-state index contributed by atoms with van der Waals surface area (Å²) in [6.45, 7) is 6.15. The summed E-state index contributed by atoms with van der Waals surface area (Å²) in [6, 6.07) is 6.22. The number of aromatic nitrogens is 2. The van der Waals surface area contributed by atoms with Crippen molar-refractivity contribution >= 4 is 29.4 Å². The van der Waals surface area contributed by atoms with Crippen molar-refractivity contribution < 1.29 is 24.2 Å². The summed E-state index contributed by atoms with van der Waals surface area (Å²) in [5.74, 6) is -1.35. The van der Waals surface area contributed by atoms with Crippen LogP contribution in [-0.2, 0) is 25.7 Å². The van der Waals surface area contributed by atoms with Gasteiger partial charge in [-0.15, -0.1) is 0 Å². The molecule has 4 atom stereocenters. The molecule has 5 rings (SSSR count). The van der Waals surface area contributed by atoms with Crippen LogP contribution >= 0.6 is 11.6 Å². The number of hydrogen-bond acceptors (Lipinski definition) is 7. The highest BCUT2D eigenvalue weighted by molar-refractivity contribution is 6.30. The highest BCUT2D eigenvalue weighted by Crippen LogP contribution is 2.35. The number of amides is 2. The first-order chi connectivity index (χ1) is 19.5. The summed E-state index contributed by atoms with van der Waals surface area (Å²) < 4.78 is 5.37. The van der Waals surface area contributed by atoms with Gasteiger partial charge in [0, 0.05) is 48.9 Å². The molecule has 0 aliphatic carbocycles. The van der Waals surface area contributed by atoms with Gasteiger partial charge in [-0.3, -0.25) is 19.2 Å². The molecule has 0 bridgehead atoms. The number of β-amino-alcohol motifs (C(OH)–C–C–N with tert-alkyl or cyclic N) is 1. The zero-order valence-electron chi connectivity index (χ0n) is 23.7. The topological polar surface area (TPSA) is 133 Å². The lowest BCUT2D eigenvalue weighted by atomic mass is 9.90. The van der Waals surface area contributed by atoms with Gasteiger partial charge in [0.05, 0.1) is 29.8 Å². The normalized spacial score (nSPS) is 25.2. The fourth-order valence-electron chi connectivity index (χ4n) is 6.30. The van der Waals surface area contributed by atoms with E-state index in [0.717, 1.165) is 24.8 Å². The molecule has 3 aliphatic rings. The molecule has 4 heterocycles. The van der Waals surface area contributed by atoms with E-state index in [0.29, 0.717) is 35.1 Å². The van der Waals surface area contributed by atoms with Crippen molar-refractivity contribution in [2.75, 3.05) is 13.1 Å². The number of aliphatic hydroxyl groups excluding tert-OH is 1. The zero-order valence-corrected chi connectivity index (χ0v) is 24.4. The van der Waals surface area contributed by atoms with Crippen LogP contribution in [0.2, 0.25) is 5.02 Å². The molecule has 2 unspecified atom stereocenters. The molecule has 0 spiro atoms. The molecule has 2 amide bonds. The van der Waals surface area contributed by atoms with E-state index in [1.54, 1.807) is 43.0 Å². The van der Waals surface area contributed by atoms with Crippen molar-refractivity contribution in [1.29, 1.82) is 0 Å². The maximum atomic E-state index is 13.9. The Labute approximate surface area is 244 Å². The zero-order chi connectivity index (χ0) is 29.5. The minimum absolute atomic E-state index is 0.0245. The molecule has 2 aromatic rings. The summed E-state index contributed by atoms with van der Waals surface area (Å²) in [6.07, 6.45) is 2.21. The number of halogens is 1. The van der Waals surface area contributed by atoms with Crippen LogP contribution in [0, 0.1) is 5.92 Å². The number of hydrogen-bond donors (Lipinski definition) is 2. The minimum Gasteiger partial charge on any atom is -0.459 e. The SMILES string of the molecule is CCCCC1CN(C(=O)[C@@H]2C[C@@H](O)CN2C(=O)CC2CC(C)(C)OC2=O)Cc2c1nc(-c1ccc(Cl)cc1)[nH]c2=O. The predicted octanol–water partition coefficient (Wildman–Crippen LogP) is 3.40. The van der Waals surface area contributed by atoms with Gasteiger partial charge in [0.1, 0.15) is 17.5 Å². The first-order valence-corrected chi connectivity index (χ1v) is 14.7. The quantitative estimate of drug-likeness (QED) is 0.477. The minimum atomic E-state index is -0.864. The summed E-state index contributed by atoms with van der Waals surface area (Å²) in [4.78, 5) is 63.6. The Morgan fingerprint density at radius 2 is 1.90 bits per heavy atom. The molecule has 1 aromatic carbocycles. The number of likely N-dealkylation sites (tertiary alicyclic amines) is 1. The van der Waals surface area contributed by atoms with Crippen LogP contribution in [0.3, 0.4) is 0 Å². The van der Waals surface area contributed by atoms with Crippen LogP contribution < -0.4 is 5.56 Å². The Morgan fingerprint density at radius 1 is 1.17 bits per heavy atom. The number of aliphatic hydroxyl groups is 1. The molecule has 2 fully saturated rings. The van der Waals surface area contributed by atoms with Crippen LogP contribution in [0.25, 0.3) is 11.4 Å². The summed E-state index contributed by atoms with van der Waals surface area (Å²) >= 11 is 6.03. The van der Waals surface area contributed by atoms with Gasteiger partial charge in [-0.1, -0.05) is 31.4 Å². The lowest BCUT2D eigenvalue weighted by Crippen LogP contribution is -2.51. The summed E-state index contributed by atoms with van der Waals surface area (Å²) in [5.41, 5.74) is 0.936. The number of nitrogens with one attached hydrogen (secondary N) is 1. The van der Waals surface area contributed by atoms with E-state index in [1.165, 1.54) is 4.90 Å². The van der Waals surface area contributed by atoms with Gasteiger partial charge in [-0.2, -0.15) is 0 Å². The van der Waals surface area contributed by atoms with Gasteiger partial charge in [-0.25, -0.2) is 4.98 Å². The van der Waals surface area contributed by atoms with Crippen molar-refractivity contribution in [1.82, 2.24) is 19.8 Å². The van der Waals surface area contributed by atoms with Gasteiger partial charge in [0.2, 0.25) is 11.8 Å². The largest absolute Gasteiger partial charge is 0.459 e. The number of cyclic esters (lactones) is 1. The maximum absolute atomic E-state index is 13.9. The Balaban J connectivity index is 1.38. The number of esters is 1. The molecule has 1 aromatic heterocycles. The molecule has 2 N–H and O–H groups in total. The predicted molar refractivity (Wildman–Crippen MR) is 152 cm³/mol. The molecule has 2 saturated heterocycles. The summed E-state index contributed by atoms with van der Waals surface area (Å²) in [5, 5.41) is 11.0. The Bertz CT molecular complexity index is 1390. The van der Waals surface area contributed by atoms with Crippen molar-refractivity contribution in [2.45, 2.75) is 89.5 Å². The third-order valence-electron chi connectivity index (χ3n) is 8.31. The van der Waals surface area contributed by atoms with E-state index >= 15 is 0 Å². The first kappa shape index (κ1) is 29.3. The molecule has 0 saturated carbocycles. The lowest BCUT2D eigenvalue weighted by molar-refractivity contribution is -0.151. The van der Waals surface area contributed by atoms with E-state index in [4.69, 9.17) is 21.3 Å². The summed E-state index contributed by atoms with van der Waals surface area (Å²) in [7, 11) is 0. The van der Waals surface area contributed by atoms with Crippen LogP contribution in [0.1, 0.15) is 76.5 Å². The number of benzene rings is 1. The fourth-order valence-corrected chi connectivity index (χ4v) is 6.42. The van der Waals surface area contributed by atoms with Crippen molar-refractivity contribution in [3.05, 3.63) is 50.9 Å². The smallest absolute Gasteiger partial charge is 0.310 e. The molecular formula is C30H37ClN4O6. The number of ether oxygens (including phenoxy) is 1. The van der Waals surface area contributed by atoms with Crippen LogP contribution in [0.5, 0.6) is 0 Å². The highest BCUT2D eigenvalue weighted by Gasteiger charge is 2.46. The Kier molecular flexibility index (Phi) is 8.25. The van der Waals surface area contributed by atoms with E-state index in [2.05, 4.69) is 11.9 Å². The van der Waals surface area contributed by atoms with E-state index < -0.39 is 29.6 Å². The van der Waals surface area contributed by atoms with Crippen molar-refractivity contribution in [3.8, 4) is 11.4 Å². The second kappa shape index (κ2) is 11.6. The van der Waals surface area contributed by atoms with E-state index in [1.807, 2.05) is 0 Å². The van der Waals surface area contributed by atoms with Crippen LogP contribution in [-0.4, -0.2) is 73.5 Å². The van der Waals surface area contributed by atoms with Gasteiger partial charge < -0.3 is 24.6 Å². The Morgan fingerprint density at radius 3 is 2.56 bits per heavy atom. The number of rotatable bonds is 7. The van der Waals surface area contributed by atoms with Crippen LogP contribution in [0.15, 0.2) is 29.1 Å². The number of H-pyrrole nitrogens is 1. The molecule has 10 nitrogen and oxygen atoms in total. The lowest BCUT2D eigenvalue weighted by Gasteiger charge is -2.36. The highest BCUT2D eigenvalue weighted by atomic mass is 35.5. The van der Waals surface area contributed by atoms with Gasteiger partial charge in [-0.05, 0) is 44.5 Å². The van der Waals surface area contributed by atoms with Gasteiger partial charge >= 0.3 is 5.97 Å². The fraction of sp³-hybridized carbons (Fsp3) is 0.567. The number of aromatic amines is 1. The average molecular weight is 585 g/mol. The first-order valence-electron chi connectivity index (χ1n) is 14.3. The number of nitrogens with zero attached hydrogens (tertiary/aromatic N) is 3. The molecular weight excluding hydrogens is 548 g/mol. The van der Waals surface area contributed by atoms with Crippen molar-refractivity contribution in [3.63, 3.8) is 0 Å². The van der Waals surface area contributed by atoms with Gasteiger partial charge in [0.25, 0.3) is 5.56 Å². The maximum Gasteiger partial charge on any atom is 0.310 e. The molecule has 0 radical (unpaired) electrons. The van der Waals surface area contributed by atoms with E-state index in [9.17, 15) is 24.3 Å². The second-order valence-corrected chi connectivity index (χ2v) is 12.5. The molecule has 220 valence electrons.